The molecule has 1 aliphatic heterocycles. The highest BCUT2D eigenvalue weighted by molar-refractivity contribution is 5.69. The van der Waals surface area contributed by atoms with Crippen molar-refractivity contribution < 1.29 is 9.50 Å². The van der Waals surface area contributed by atoms with Gasteiger partial charge >= 0.3 is 0 Å². The van der Waals surface area contributed by atoms with Gasteiger partial charge in [0.1, 0.15) is 11.6 Å². The van der Waals surface area contributed by atoms with Crippen LogP contribution in [0.5, 0.6) is 5.75 Å². The molecule has 1 fully saturated rings. The zero-order valence-corrected chi connectivity index (χ0v) is 13.2. The van der Waals surface area contributed by atoms with E-state index in [1.165, 1.54) is 12.5 Å². The maximum Gasteiger partial charge on any atom is 0.252 e. The van der Waals surface area contributed by atoms with Gasteiger partial charge in [-0.2, -0.15) is 0 Å². The summed E-state index contributed by atoms with van der Waals surface area (Å²) in [5, 5.41) is 9.93. The summed E-state index contributed by atoms with van der Waals surface area (Å²) in [4.78, 5) is 16.5. The molecule has 0 spiro atoms. The molecule has 5 heteroatoms. The Hall–Kier alpha value is -2.30. The molecule has 1 aromatic heterocycles. The number of hydrogen-bond donors (Lipinski definition) is 2. The van der Waals surface area contributed by atoms with E-state index in [4.69, 9.17) is 0 Å². The summed E-state index contributed by atoms with van der Waals surface area (Å²) < 4.78 is 14.6. The number of piperidine rings is 1. The molecule has 0 atom stereocenters. The predicted octanol–water partition coefficient (Wildman–Crippen LogP) is 3.44. The monoisotopic (exact) mass is 316 g/mol. The van der Waals surface area contributed by atoms with Gasteiger partial charge < -0.3 is 15.0 Å². The summed E-state index contributed by atoms with van der Waals surface area (Å²) >= 11 is 0. The third kappa shape index (κ3) is 3.09. The van der Waals surface area contributed by atoms with E-state index in [0.717, 1.165) is 37.7 Å². The topological polar surface area (TPSA) is 56.3 Å². The number of H-pyrrole nitrogens is 1. The SMILES string of the molecule is CCc1c(O)cc(=O)[nH]c1-c1ccc(N2CCCCC2)cc1F. The summed E-state index contributed by atoms with van der Waals surface area (Å²) in [6, 6.07) is 6.21. The molecule has 1 aliphatic rings. The first-order valence-electron chi connectivity index (χ1n) is 8.10. The molecule has 1 aromatic carbocycles. The van der Waals surface area contributed by atoms with Gasteiger partial charge in [0, 0.05) is 36.0 Å². The molecule has 2 aromatic rings. The number of aromatic amines is 1. The Morgan fingerprint density at radius 3 is 2.61 bits per heavy atom. The molecule has 23 heavy (non-hydrogen) atoms. The summed E-state index contributed by atoms with van der Waals surface area (Å²) in [5.74, 6) is -0.477. The van der Waals surface area contributed by atoms with Gasteiger partial charge in [-0.05, 0) is 43.9 Å². The Balaban J connectivity index is 2.03. The Morgan fingerprint density at radius 1 is 1.22 bits per heavy atom. The van der Waals surface area contributed by atoms with Crippen LogP contribution in [0.25, 0.3) is 11.3 Å². The summed E-state index contributed by atoms with van der Waals surface area (Å²) in [5.41, 5.74) is 1.66. The van der Waals surface area contributed by atoms with Crippen LogP contribution in [0.15, 0.2) is 29.1 Å². The van der Waals surface area contributed by atoms with Crippen LogP contribution in [-0.4, -0.2) is 23.2 Å². The lowest BCUT2D eigenvalue weighted by molar-refractivity contribution is 0.467. The molecule has 1 saturated heterocycles. The van der Waals surface area contributed by atoms with Gasteiger partial charge in [0.2, 0.25) is 0 Å². The minimum absolute atomic E-state index is 0.0919. The number of nitrogens with zero attached hydrogens (tertiary/aromatic N) is 1. The average molecular weight is 316 g/mol. The number of nitrogens with one attached hydrogen (secondary N) is 1. The lowest BCUT2D eigenvalue weighted by atomic mass is 10.0. The molecule has 0 amide bonds. The van der Waals surface area contributed by atoms with E-state index in [9.17, 15) is 14.3 Å². The van der Waals surface area contributed by atoms with Gasteiger partial charge in [-0.15, -0.1) is 0 Å². The number of hydrogen-bond acceptors (Lipinski definition) is 3. The number of benzene rings is 1. The minimum Gasteiger partial charge on any atom is -0.507 e. The number of pyridine rings is 1. The van der Waals surface area contributed by atoms with E-state index in [0.29, 0.717) is 23.2 Å². The van der Waals surface area contributed by atoms with Crippen molar-refractivity contribution in [1.82, 2.24) is 4.98 Å². The summed E-state index contributed by atoms with van der Waals surface area (Å²) in [6.07, 6.45) is 3.99. The highest BCUT2D eigenvalue weighted by Crippen LogP contribution is 2.31. The number of halogens is 1. The van der Waals surface area contributed by atoms with E-state index in [-0.39, 0.29) is 11.6 Å². The van der Waals surface area contributed by atoms with Crippen molar-refractivity contribution in [3.8, 4) is 17.0 Å². The van der Waals surface area contributed by atoms with Crippen LogP contribution in [0.2, 0.25) is 0 Å². The number of rotatable bonds is 3. The van der Waals surface area contributed by atoms with E-state index in [2.05, 4.69) is 9.88 Å². The highest BCUT2D eigenvalue weighted by atomic mass is 19.1. The molecule has 0 saturated carbocycles. The largest absolute Gasteiger partial charge is 0.507 e. The fourth-order valence-electron chi connectivity index (χ4n) is 3.22. The molecule has 0 radical (unpaired) electrons. The number of aromatic nitrogens is 1. The van der Waals surface area contributed by atoms with Crippen LogP contribution in [0, 0.1) is 5.82 Å². The number of aromatic hydroxyl groups is 1. The van der Waals surface area contributed by atoms with Crippen molar-refractivity contribution in [2.24, 2.45) is 0 Å². The van der Waals surface area contributed by atoms with Crippen molar-refractivity contribution in [2.45, 2.75) is 32.6 Å². The Bertz CT molecular complexity index is 764. The smallest absolute Gasteiger partial charge is 0.252 e. The van der Waals surface area contributed by atoms with Gasteiger partial charge in [0.25, 0.3) is 5.56 Å². The van der Waals surface area contributed by atoms with Crippen molar-refractivity contribution in [2.75, 3.05) is 18.0 Å². The van der Waals surface area contributed by atoms with E-state index in [1.54, 1.807) is 6.07 Å². The second-order valence-corrected chi connectivity index (χ2v) is 5.94. The van der Waals surface area contributed by atoms with Crippen LogP contribution in [0.3, 0.4) is 0 Å². The molecule has 2 heterocycles. The lowest BCUT2D eigenvalue weighted by Gasteiger charge is -2.29. The van der Waals surface area contributed by atoms with Crippen LogP contribution >= 0.6 is 0 Å². The maximum absolute atomic E-state index is 14.6. The summed E-state index contributed by atoms with van der Waals surface area (Å²) in [6.45, 7) is 3.75. The number of anilines is 1. The van der Waals surface area contributed by atoms with Gasteiger partial charge in [0.05, 0.1) is 5.69 Å². The minimum atomic E-state index is -0.436. The van der Waals surface area contributed by atoms with Crippen LogP contribution < -0.4 is 10.5 Å². The molecule has 0 bridgehead atoms. The molecule has 0 unspecified atom stereocenters. The fraction of sp³-hybridized carbons (Fsp3) is 0.389. The van der Waals surface area contributed by atoms with E-state index in [1.807, 2.05) is 13.0 Å². The molecular formula is C18H21FN2O2. The van der Waals surface area contributed by atoms with Crippen molar-refractivity contribution >= 4 is 5.69 Å². The Morgan fingerprint density at radius 2 is 1.96 bits per heavy atom. The normalized spacial score (nSPS) is 15.0. The zero-order valence-electron chi connectivity index (χ0n) is 13.2. The molecular weight excluding hydrogens is 295 g/mol. The van der Waals surface area contributed by atoms with Gasteiger partial charge in [-0.3, -0.25) is 4.79 Å². The second-order valence-electron chi connectivity index (χ2n) is 5.94. The standard InChI is InChI=1S/C18H21FN2O2/c1-2-13-16(22)11-17(23)20-18(13)14-7-6-12(10-15(14)19)21-8-4-3-5-9-21/h6-7,10-11H,2-5,8-9H2,1H3,(H2,20,22,23). The first-order chi connectivity index (χ1) is 11.1. The molecule has 4 nitrogen and oxygen atoms in total. The zero-order chi connectivity index (χ0) is 16.4. The molecule has 122 valence electrons. The molecule has 3 rings (SSSR count). The molecule has 2 N–H and O–H groups in total. The van der Waals surface area contributed by atoms with Crippen LogP contribution in [0.1, 0.15) is 31.7 Å². The quantitative estimate of drug-likeness (QED) is 0.912. The molecule has 0 aliphatic carbocycles. The van der Waals surface area contributed by atoms with Crippen molar-refractivity contribution in [3.63, 3.8) is 0 Å². The van der Waals surface area contributed by atoms with E-state index >= 15 is 0 Å². The van der Waals surface area contributed by atoms with Crippen molar-refractivity contribution in [3.05, 3.63) is 46.0 Å². The second kappa shape index (κ2) is 6.44. The van der Waals surface area contributed by atoms with Gasteiger partial charge in [-0.1, -0.05) is 6.92 Å². The van der Waals surface area contributed by atoms with E-state index < -0.39 is 5.56 Å². The predicted molar refractivity (Wildman–Crippen MR) is 89.6 cm³/mol. The van der Waals surface area contributed by atoms with Gasteiger partial charge in [-0.25, -0.2) is 4.39 Å². The third-order valence-electron chi connectivity index (χ3n) is 4.42. The van der Waals surface area contributed by atoms with Crippen LogP contribution in [-0.2, 0) is 6.42 Å². The first kappa shape index (κ1) is 15.6. The maximum atomic E-state index is 14.6. The van der Waals surface area contributed by atoms with Gasteiger partial charge in [0.15, 0.2) is 0 Å². The average Bonchev–Trinajstić information content (AvgIpc) is 2.55. The van der Waals surface area contributed by atoms with Crippen molar-refractivity contribution in [1.29, 1.82) is 0 Å². The Kier molecular flexibility index (Phi) is 4.37. The summed E-state index contributed by atoms with van der Waals surface area (Å²) in [7, 11) is 0. The van der Waals surface area contributed by atoms with Crippen LogP contribution in [0.4, 0.5) is 10.1 Å². The lowest BCUT2D eigenvalue weighted by Crippen LogP contribution is -2.29. The Labute approximate surface area is 134 Å². The fourth-order valence-corrected chi connectivity index (χ4v) is 3.22. The highest BCUT2D eigenvalue weighted by Gasteiger charge is 2.17. The third-order valence-corrected chi connectivity index (χ3v) is 4.42. The first-order valence-corrected chi connectivity index (χ1v) is 8.10.